The van der Waals surface area contributed by atoms with Crippen molar-refractivity contribution in [3.63, 3.8) is 0 Å². The van der Waals surface area contributed by atoms with Gasteiger partial charge in [0.1, 0.15) is 11.6 Å². The SMILES string of the molecule is CCN1CCN(c2cc(C(=O)NCCc3ccc(OC)cc3)ccn2)CC1. The van der Waals surface area contributed by atoms with E-state index in [1.54, 1.807) is 19.4 Å². The summed E-state index contributed by atoms with van der Waals surface area (Å²) in [6.45, 7) is 7.83. The average Bonchev–Trinajstić information content (AvgIpc) is 2.74. The zero-order chi connectivity index (χ0) is 19.1. The highest BCUT2D eigenvalue weighted by Gasteiger charge is 2.17. The first-order valence-corrected chi connectivity index (χ1v) is 9.54. The minimum atomic E-state index is -0.0562. The number of ether oxygens (including phenoxy) is 1. The summed E-state index contributed by atoms with van der Waals surface area (Å²) in [5.74, 6) is 1.67. The maximum Gasteiger partial charge on any atom is 0.251 e. The van der Waals surface area contributed by atoms with Crippen molar-refractivity contribution in [3.8, 4) is 5.75 Å². The minimum Gasteiger partial charge on any atom is -0.497 e. The molecule has 2 heterocycles. The number of anilines is 1. The van der Waals surface area contributed by atoms with Crippen molar-refractivity contribution in [1.29, 1.82) is 0 Å². The number of methoxy groups -OCH3 is 1. The molecular formula is C21H28N4O2. The Hall–Kier alpha value is -2.60. The molecule has 6 heteroatoms. The lowest BCUT2D eigenvalue weighted by atomic mass is 10.1. The Kier molecular flexibility index (Phi) is 6.65. The van der Waals surface area contributed by atoms with E-state index in [4.69, 9.17) is 4.74 Å². The normalized spacial score (nSPS) is 14.8. The number of rotatable bonds is 7. The number of benzene rings is 1. The number of pyridine rings is 1. The third kappa shape index (κ3) is 5.20. The van der Waals surface area contributed by atoms with E-state index in [0.29, 0.717) is 12.1 Å². The van der Waals surface area contributed by atoms with E-state index in [1.165, 1.54) is 5.56 Å². The van der Waals surface area contributed by atoms with Crippen molar-refractivity contribution >= 4 is 11.7 Å². The van der Waals surface area contributed by atoms with Gasteiger partial charge in [-0.1, -0.05) is 19.1 Å². The molecule has 0 spiro atoms. The molecule has 27 heavy (non-hydrogen) atoms. The van der Waals surface area contributed by atoms with Crippen LogP contribution >= 0.6 is 0 Å². The molecule has 6 nitrogen and oxygen atoms in total. The van der Waals surface area contributed by atoms with E-state index in [-0.39, 0.29) is 5.91 Å². The number of carbonyl (C=O) groups is 1. The maximum atomic E-state index is 12.5. The summed E-state index contributed by atoms with van der Waals surface area (Å²) >= 11 is 0. The molecule has 0 saturated carbocycles. The number of hydrogen-bond donors (Lipinski definition) is 1. The van der Waals surface area contributed by atoms with Crippen molar-refractivity contribution in [2.45, 2.75) is 13.3 Å². The molecule has 1 aromatic heterocycles. The van der Waals surface area contributed by atoms with Gasteiger partial charge in [0.2, 0.25) is 0 Å². The van der Waals surface area contributed by atoms with E-state index in [1.807, 2.05) is 30.3 Å². The van der Waals surface area contributed by atoms with Crippen LogP contribution in [-0.4, -0.2) is 62.2 Å². The number of nitrogens with one attached hydrogen (secondary N) is 1. The van der Waals surface area contributed by atoms with Gasteiger partial charge in [0, 0.05) is 44.5 Å². The lowest BCUT2D eigenvalue weighted by Gasteiger charge is -2.34. The van der Waals surface area contributed by atoms with Crippen LogP contribution in [0.4, 0.5) is 5.82 Å². The fraction of sp³-hybridized carbons (Fsp3) is 0.429. The van der Waals surface area contributed by atoms with Crippen molar-refractivity contribution in [2.75, 3.05) is 51.3 Å². The van der Waals surface area contributed by atoms with Crippen LogP contribution in [0.1, 0.15) is 22.8 Å². The lowest BCUT2D eigenvalue weighted by molar-refractivity contribution is 0.0954. The number of hydrogen-bond acceptors (Lipinski definition) is 5. The molecule has 1 aromatic carbocycles. The monoisotopic (exact) mass is 368 g/mol. The van der Waals surface area contributed by atoms with Crippen LogP contribution in [0.2, 0.25) is 0 Å². The maximum absolute atomic E-state index is 12.5. The molecule has 3 rings (SSSR count). The lowest BCUT2D eigenvalue weighted by Crippen LogP contribution is -2.46. The summed E-state index contributed by atoms with van der Waals surface area (Å²) in [5, 5.41) is 3.00. The minimum absolute atomic E-state index is 0.0562. The largest absolute Gasteiger partial charge is 0.497 e. The second kappa shape index (κ2) is 9.37. The third-order valence-electron chi connectivity index (χ3n) is 5.01. The van der Waals surface area contributed by atoms with Crippen molar-refractivity contribution in [2.24, 2.45) is 0 Å². The zero-order valence-corrected chi connectivity index (χ0v) is 16.1. The van der Waals surface area contributed by atoms with Gasteiger partial charge in [-0.05, 0) is 42.8 Å². The number of nitrogens with zero attached hydrogens (tertiary/aromatic N) is 3. The molecule has 2 aromatic rings. The first-order valence-electron chi connectivity index (χ1n) is 9.54. The Bertz CT molecular complexity index is 740. The highest BCUT2D eigenvalue weighted by atomic mass is 16.5. The zero-order valence-electron chi connectivity index (χ0n) is 16.1. The smallest absolute Gasteiger partial charge is 0.251 e. The molecular weight excluding hydrogens is 340 g/mol. The molecule has 0 radical (unpaired) electrons. The van der Waals surface area contributed by atoms with Crippen molar-refractivity contribution in [1.82, 2.24) is 15.2 Å². The highest BCUT2D eigenvalue weighted by Crippen LogP contribution is 2.15. The van der Waals surface area contributed by atoms with Crippen LogP contribution in [0, 0.1) is 0 Å². The summed E-state index contributed by atoms with van der Waals surface area (Å²) in [7, 11) is 1.65. The van der Waals surface area contributed by atoms with E-state index >= 15 is 0 Å². The molecule has 1 N–H and O–H groups in total. The highest BCUT2D eigenvalue weighted by molar-refractivity contribution is 5.94. The molecule has 0 atom stereocenters. The molecule has 0 aliphatic carbocycles. The van der Waals surface area contributed by atoms with Crippen molar-refractivity contribution in [3.05, 3.63) is 53.7 Å². The fourth-order valence-corrected chi connectivity index (χ4v) is 3.24. The van der Waals surface area contributed by atoms with E-state index in [9.17, 15) is 4.79 Å². The number of likely N-dealkylation sites (N-methyl/N-ethyl adjacent to an activating group) is 1. The van der Waals surface area contributed by atoms with Crippen LogP contribution in [-0.2, 0) is 6.42 Å². The van der Waals surface area contributed by atoms with Crippen LogP contribution in [0.25, 0.3) is 0 Å². The third-order valence-corrected chi connectivity index (χ3v) is 5.01. The van der Waals surface area contributed by atoms with Gasteiger partial charge in [-0.3, -0.25) is 4.79 Å². The van der Waals surface area contributed by atoms with Gasteiger partial charge < -0.3 is 19.9 Å². The molecule has 1 aliphatic heterocycles. The summed E-state index contributed by atoms with van der Waals surface area (Å²) in [5.41, 5.74) is 1.83. The first-order chi connectivity index (χ1) is 13.2. The van der Waals surface area contributed by atoms with Gasteiger partial charge in [-0.15, -0.1) is 0 Å². The number of aromatic nitrogens is 1. The van der Waals surface area contributed by atoms with Gasteiger partial charge in [0.25, 0.3) is 5.91 Å². The molecule has 1 fully saturated rings. The number of piperazine rings is 1. The first kappa shape index (κ1) is 19.2. The van der Waals surface area contributed by atoms with E-state index < -0.39 is 0 Å². The van der Waals surface area contributed by atoms with Gasteiger partial charge in [0.15, 0.2) is 0 Å². The molecule has 1 saturated heterocycles. The summed E-state index contributed by atoms with van der Waals surface area (Å²) in [6.07, 6.45) is 2.51. The fourth-order valence-electron chi connectivity index (χ4n) is 3.24. The van der Waals surface area contributed by atoms with Crippen molar-refractivity contribution < 1.29 is 9.53 Å². The standard InChI is InChI=1S/C21H28N4O2/c1-3-24-12-14-25(15-13-24)20-16-18(9-11-22-20)21(26)23-10-8-17-4-6-19(27-2)7-5-17/h4-7,9,11,16H,3,8,10,12-15H2,1-2H3,(H,23,26). The van der Waals surface area contributed by atoms with Crippen LogP contribution < -0.4 is 15.0 Å². The second-order valence-electron chi connectivity index (χ2n) is 6.68. The predicted molar refractivity (Wildman–Crippen MR) is 108 cm³/mol. The second-order valence-corrected chi connectivity index (χ2v) is 6.68. The predicted octanol–water partition coefficient (Wildman–Crippen LogP) is 2.20. The molecule has 0 unspecified atom stereocenters. The van der Waals surface area contributed by atoms with Gasteiger partial charge >= 0.3 is 0 Å². The number of amides is 1. The van der Waals surface area contributed by atoms with E-state index in [0.717, 1.165) is 50.7 Å². The summed E-state index contributed by atoms with van der Waals surface area (Å²) in [6, 6.07) is 11.6. The van der Waals surface area contributed by atoms with Gasteiger partial charge in [0.05, 0.1) is 7.11 Å². The topological polar surface area (TPSA) is 57.7 Å². The Labute approximate surface area is 161 Å². The van der Waals surface area contributed by atoms with Gasteiger partial charge in [-0.25, -0.2) is 4.98 Å². The number of carbonyl (C=O) groups excluding carboxylic acids is 1. The summed E-state index contributed by atoms with van der Waals surface area (Å²) < 4.78 is 5.16. The molecule has 1 amide bonds. The Balaban J connectivity index is 1.52. The Morgan fingerprint density at radius 2 is 1.89 bits per heavy atom. The molecule has 144 valence electrons. The van der Waals surface area contributed by atoms with Crippen LogP contribution in [0.15, 0.2) is 42.6 Å². The van der Waals surface area contributed by atoms with E-state index in [2.05, 4.69) is 27.0 Å². The average molecular weight is 368 g/mol. The Morgan fingerprint density at radius 1 is 1.15 bits per heavy atom. The quantitative estimate of drug-likeness (QED) is 0.812. The van der Waals surface area contributed by atoms with Crippen LogP contribution in [0.5, 0.6) is 5.75 Å². The Morgan fingerprint density at radius 3 is 2.56 bits per heavy atom. The van der Waals surface area contributed by atoms with Crippen LogP contribution in [0.3, 0.4) is 0 Å². The molecule has 1 aliphatic rings. The van der Waals surface area contributed by atoms with Gasteiger partial charge in [-0.2, -0.15) is 0 Å². The molecule has 0 bridgehead atoms. The summed E-state index contributed by atoms with van der Waals surface area (Å²) in [4.78, 5) is 21.6.